The van der Waals surface area contributed by atoms with Gasteiger partial charge in [0.25, 0.3) is 0 Å². The van der Waals surface area contributed by atoms with Crippen molar-refractivity contribution in [2.24, 2.45) is 0 Å². The molecule has 0 aliphatic rings. The maximum absolute atomic E-state index is 13.3. The van der Waals surface area contributed by atoms with Crippen molar-refractivity contribution in [3.05, 3.63) is 71.8 Å². The fraction of sp³-hybridized carbons (Fsp3) is 0.300. The van der Waals surface area contributed by atoms with Gasteiger partial charge in [-0.05, 0) is 5.56 Å². The Kier molecular flexibility index (Phi) is 6.79. The van der Waals surface area contributed by atoms with E-state index >= 15 is 0 Å². The van der Waals surface area contributed by atoms with E-state index in [0.717, 1.165) is 5.56 Å². The van der Waals surface area contributed by atoms with E-state index in [0.29, 0.717) is 11.3 Å². The molecule has 5 nitrogen and oxygen atoms in total. The number of hydrogen-bond acceptors (Lipinski definition) is 5. The molecule has 0 N–H and O–H groups in total. The first kappa shape index (κ1) is 20.4. The lowest BCUT2D eigenvalue weighted by molar-refractivity contribution is -0.244. The van der Waals surface area contributed by atoms with Gasteiger partial charge in [0.05, 0.1) is 0 Å². The summed E-state index contributed by atoms with van der Waals surface area (Å²) < 4.78 is 12.7. The molecule has 0 bridgehead atoms. The number of hydrogen-bond donors (Lipinski definition) is 0. The van der Waals surface area contributed by atoms with E-state index in [1.54, 1.807) is 0 Å². The standard InChI is InChI=1S/C20H28N3O2P/c1-21(2)26(22(3)4,23(5)6)25-20(18-15-11-8-12-16-18)19(24)17-13-9-7-10-14-17/h7-16H,1-6H3/b20-19+. The van der Waals surface area contributed by atoms with Gasteiger partial charge >= 0.3 is 7.94 Å². The molecule has 6 heteroatoms. The zero-order chi connectivity index (χ0) is 19.3. The predicted octanol–water partition coefficient (Wildman–Crippen LogP) is 3.25. The lowest BCUT2D eigenvalue weighted by atomic mass is 10.1. The molecule has 0 fully saturated rings. The Morgan fingerprint density at radius 3 is 1.46 bits per heavy atom. The van der Waals surface area contributed by atoms with Gasteiger partial charge < -0.3 is 5.11 Å². The quantitative estimate of drug-likeness (QED) is 0.423. The zero-order valence-corrected chi connectivity index (χ0v) is 17.3. The van der Waals surface area contributed by atoms with E-state index in [-0.39, 0.29) is 5.76 Å². The third-order valence-corrected chi connectivity index (χ3v) is 7.61. The van der Waals surface area contributed by atoms with Crippen molar-refractivity contribution in [3.63, 3.8) is 0 Å². The van der Waals surface area contributed by atoms with Crippen LogP contribution in [0.5, 0.6) is 0 Å². The van der Waals surface area contributed by atoms with Gasteiger partial charge in [-0.1, -0.05) is 66.4 Å². The molecule has 2 aromatic carbocycles. The van der Waals surface area contributed by atoms with E-state index in [1.807, 2.05) is 117 Å². The van der Waals surface area contributed by atoms with Gasteiger partial charge in [-0.15, -0.1) is 14.0 Å². The highest BCUT2D eigenvalue weighted by atomic mass is 31.2. The lowest BCUT2D eigenvalue weighted by Crippen LogP contribution is -2.37. The van der Waals surface area contributed by atoms with Crippen molar-refractivity contribution < 1.29 is 9.63 Å². The summed E-state index contributed by atoms with van der Waals surface area (Å²) >= 11 is 0. The minimum atomic E-state index is -2.37. The zero-order valence-electron chi connectivity index (χ0n) is 16.4. The van der Waals surface area contributed by atoms with Gasteiger partial charge in [0.2, 0.25) is 0 Å². The highest BCUT2D eigenvalue weighted by Gasteiger charge is 2.52. The molecule has 2 aromatic rings. The third-order valence-electron chi connectivity index (χ3n) is 4.06. The highest BCUT2D eigenvalue weighted by Crippen LogP contribution is 2.67. The Morgan fingerprint density at radius 2 is 1.08 bits per heavy atom. The Morgan fingerprint density at radius 1 is 0.692 bits per heavy atom. The van der Waals surface area contributed by atoms with Crippen molar-refractivity contribution in [1.82, 2.24) is 14.0 Å². The van der Waals surface area contributed by atoms with Crippen molar-refractivity contribution in [2.45, 2.75) is 0 Å². The summed E-state index contributed by atoms with van der Waals surface area (Å²) in [6.07, 6.45) is 0. The Bertz CT molecular complexity index is 709. The Hall–Kier alpha value is -1.91. The van der Waals surface area contributed by atoms with Crippen LogP contribution < -0.4 is 5.11 Å². The molecule has 0 aliphatic heterocycles. The van der Waals surface area contributed by atoms with E-state index in [4.69, 9.17) is 4.52 Å². The van der Waals surface area contributed by atoms with Crippen LogP contribution in [0.25, 0.3) is 11.5 Å². The topological polar surface area (TPSA) is 42.0 Å². The van der Waals surface area contributed by atoms with E-state index in [1.165, 1.54) is 0 Å². The van der Waals surface area contributed by atoms with E-state index in [2.05, 4.69) is 0 Å². The average molecular weight is 373 g/mol. The van der Waals surface area contributed by atoms with Crippen LogP contribution in [0.15, 0.2) is 60.7 Å². The summed E-state index contributed by atoms with van der Waals surface area (Å²) in [7, 11) is 9.49. The fourth-order valence-corrected chi connectivity index (χ4v) is 6.05. The van der Waals surface area contributed by atoms with E-state index in [9.17, 15) is 5.11 Å². The number of benzene rings is 2. The summed E-state index contributed by atoms with van der Waals surface area (Å²) in [6, 6.07) is 18.8. The lowest BCUT2D eigenvalue weighted by Gasteiger charge is -2.38. The summed E-state index contributed by atoms with van der Waals surface area (Å²) in [6.45, 7) is 0. The molecule has 0 saturated heterocycles. The van der Waals surface area contributed by atoms with Crippen LogP contribution in [0.4, 0.5) is 0 Å². The number of rotatable bonds is 7. The van der Waals surface area contributed by atoms with Gasteiger partial charge in [-0.3, -0.25) is 4.52 Å². The van der Waals surface area contributed by atoms with Crippen LogP contribution in [-0.4, -0.2) is 56.3 Å². The normalized spacial score (nSPS) is 13.3. The third kappa shape index (κ3) is 4.08. The molecule has 2 rings (SSSR count). The van der Waals surface area contributed by atoms with Crippen molar-refractivity contribution in [3.8, 4) is 0 Å². The van der Waals surface area contributed by atoms with Gasteiger partial charge in [0.1, 0.15) is 0 Å². The largest absolute Gasteiger partial charge is 0.869 e. The maximum Gasteiger partial charge on any atom is 0.416 e. The van der Waals surface area contributed by atoms with Crippen molar-refractivity contribution in [2.75, 3.05) is 42.3 Å². The molecule has 0 saturated carbocycles. The van der Waals surface area contributed by atoms with Gasteiger partial charge in [-0.2, -0.15) is 0 Å². The van der Waals surface area contributed by atoms with Crippen molar-refractivity contribution >= 4 is 19.5 Å². The molecule has 0 heterocycles. The highest BCUT2D eigenvalue weighted by molar-refractivity contribution is 7.64. The monoisotopic (exact) mass is 373 g/mol. The molecular weight excluding hydrogens is 345 g/mol. The molecule has 26 heavy (non-hydrogen) atoms. The van der Waals surface area contributed by atoms with Crippen molar-refractivity contribution in [1.29, 1.82) is 0 Å². The summed E-state index contributed by atoms with van der Waals surface area (Å²) in [5.74, 6) is 0.243. The van der Waals surface area contributed by atoms with Gasteiger partial charge in [-0.25, -0.2) is 0 Å². The van der Waals surface area contributed by atoms with Gasteiger partial charge in [0.15, 0.2) is 5.76 Å². The Labute approximate surface area is 157 Å². The second kappa shape index (κ2) is 8.65. The predicted molar refractivity (Wildman–Crippen MR) is 109 cm³/mol. The maximum atomic E-state index is 13.3. The van der Waals surface area contributed by atoms with E-state index < -0.39 is 7.94 Å². The summed E-state index contributed by atoms with van der Waals surface area (Å²) in [4.78, 5) is 0. The second-order valence-electron chi connectivity index (χ2n) is 6.54. The van der Waals surface area contributed by atoms with Crippen LogP contribution in [0, 0.1) is 0 Å². The molecule has 0 aliphatic carbocycles. The molecule has 0 atom stereocenters. The van der Waals surface area contributed by atoms with Crippen LogP contribution in [0.1, 0.15) is 11.1 Å². The first-order valence-corrected chi connectivity index (χ1v) is 10.0. The molecule has 0 spiro atoms. The van der Waals surface area contributed by atoms with Crippen LogP contribution in [-0.2, 0) is 4.52 Å². The minimum absolute atomic E-state index is 0.119. The Balaban J connectivity index is 2.65. The first-order chi connectivity index (χ1) is 12.3. The molecule has 0 amide bonds. The molecule has 0 radical (unpaired) electrons. The molecule has 0 aromatic heterocycles. The fourth-order valence-electron chi connectivity index (χ4n) is 2.98. The first-order valence-electron chi connectivity index (χ1n) is 8.45. The number of nitrogens with zero attached hydrogens (tertiary/aromatic N) is 3. The SMILES string of the molecule is CN(C)[P+](O/C(=C(/[O-])c1ccccc1)c1ccccc1)(N(C)C)N(C)C. The van der Waals surface area contributed by atoms with Crippen LogP contribution in [0.3, 0.4) is 0 Å². The molecular formula is C20H28N3O2P. The molecule has 140 valence electrons. The van der Waals surface area contributed by atoms with Crippen LogP contribution in [0.2, 0.25) is 0 Å². The second-order valence-corrected chi connectivity index (χ2v) is 10.1. The summed E-state index contributed by atoms with van der Waals surface area (Å²) in [5, 5.41) is 13.3. The average Bonchev–Trinajstić information content (AvgIpc) is 2.62. The smallest absolute Gasteiger partial charge is 0.416 e. The van der Waals surface area contributed by atoms with Crippen LogP contribution >= 0.6 is 7.94 Å². The minimum Gasteiger partial charge on any atom is -0.869 e. The van der Waals surface area contributed by atoms with Gasteiger partial charge in [0, 0.05) is 47.8 Å². The summed E-state index contributed by atoms with van der Waals surface area (Å²) in [5.41, 5.74) is 1.39. The molecule has 0 unspecified atom stereocenters.